The second-order valence-electron chi connectivity index (χ2n) is 1.65. The van der Waals surface area contributed by atoms with E-state index in [-0.39, 0.29) is 0 Å². The zero-order chi connectivity index (χ0) is 8.27. The summed E-state index contributed by atoms with van der Waals surface area (Å²) in [7, 11) is 0. The summed E-state index contributed by atoms with van der Waals surface area (Å²) in [6.07, 6.45) is 1.29. The van der Waals surface area contributed by atoms with E-state index in [1.807, 2.05) is 5.16 Å². The van der Waals surface area contributed by atoms with Crippen molar-refractivity contribution in [2.24, 2.45) is 4.99 Å². The van der Waals surface area contributed by atoms with Crippen LogP contribution in [0.15, 0.2) is 26.4 Å². The Hall–Kier alpha value is -0.770. The van der Waals surface area contributed by atoms with Crippen LogP contribution in [0.2, 0.25) is 0 Å². The molecule has 56 valence electrons. The molecule has 0 saturated heterocycles. The molecule has 0 aliphatic heterocycles. The summed E-state index contributed by atoms with van der Waals surface area (Å²) in [6, 6.07) is 1.51. The summed E-state index contributed by atoms with van der Waals surface area (Å²) < 4.78 is 5.29. The summed E-state index contributed by atoms with van der Waals surface area (Å²) in [5, 5.41) is 1.98. The second-order valence-corrected chi connectivity index (χ2v) is 2.61. The molecule has 1 rings (SSSR count). The zero-order valence-corrected chi connectivity index (χ0v) is 7.61. The fourth-order valence-corrected chi connectivity index (χ4v) is 0.951. The van der Waals surface area contributed by atoms with Crippen LogP contribution in [0.1, 0.15) is 10.4 Å². The predicted molar refractivity (Wildman–Crippen MR) is 45.8 cm³/mol. The molecule has 0 aromatic carbocycles. The smallest absolute Gasteiger partial charge is 0.289 e. The molecule has 0 unspecified atom stereocenters. The Kier molecular flexibility index (Phi) is 2.70. The molecule has 1 amide bonds. The lowest BCUT2D eigenvalue weighted by Gasteiger charge is -1.79. The van der Waals surface area contributed by atoms with Crippen LogP contribution in [0.4, 0.5) is 0 Å². The van der Waals surface area contributed by atoms with Crippen molar-refractivity contribution in [1.29, 1.82) is 0 Å². The van der Waals surface area contributed by atoms with Gasteiger partial charge in [-0.15, -0.1) is 0 Å². The lowest BCUT2D eigenvalue weighted by atomic mass is 10.3. The monoisotopic (exact) mass is 231 g/mol. The number of hydrogen-bond acceptors (Lipinski definition) is 3. The van der Waals surface area contributed by atoms with Crippen LogP contribution >= 0.6 is 28.1 Å². The molecule has 11 heavy (non-hydrogen) atoms. The Balaban J connectivity index is 2.93. The van der Waals surface area contributed by atoms with Gasteiger partial charge in [-0.3, -0.25) is 4.79 Å². The molecule has 1 heterocycles. The molecule has 0 atom stereocenters. The summed E-state index contributed by atoms with van der Waals surface area (Å²) in [4.78, 5) is 14.1. The van der Waals surface area contributed by atoms with Crippen LogP contribution in [0.3, 0.4) is 0 Å². The highest BCUT2D eigenvalue weighted by atomic mass is 79.9. The molecule has 0 N–H and O–H groups in total. The Morgan fingerprint density at radius 2 is 2.55 bits per heavy atom. The maximum atomic E-state index is 10.9. The van der Waals surface area contributed by atoms with Gasteiger partial charge in [-0.25, -0.2) is 0 Å². The molecule has 0 bridgehead atoms. The Bertz CT molecular complexity index is 327. The van der Waals surface area contributed by atoms with Crippen molar-refractivity contribution >= 4 is 39.2 Å². The summed E-state index contributed by atoms with van der Waals surface area (Å²) in [6.45, 7) is 0. The number of rotatable bonds is 1. The Morgan fingerprint density at radius 1 is 1.82 bits per heavy atom. The van der Waals surface area contributed by atoms with Crippen LogP contribution in [0.25, 0.3) is 0 Å². The standard InChI is InChI=1S/C6H2BrNO2S/c7-5-1-4(2-10-5)6(9)8-3-11/h1-2H. The van der Waals surface area contributed by atoms with Crippen LogP contribution in [0.5, 0.6) is 0 Å². The highest BCUT2D eigenvalue weighted by Crippen LogP contribution is 2.14. The molecule has 1 aromatic heterocycles. The minimum atomic E-state index is -0.450. The minimum absolute atomic E-state index is 0.356. The van der Waals surface area contributed by atoms with Crippen molar-refractivity contribution in [3.05, 3.63) is 22.6 Å². The van der Waals surface area contributed by atoms with Gasteiger partial charge in [-0.1, -0.05) is 0 Å². The molecule has 0 spiro atoms. The first-order chi connectivity index (χ1) is 5.24. The van der Waals surface area contributed by atoms with E-state index in [9.17, 15) is 4.79 Å². The van der Waals surface area contributed by atoms with Crippen molar-refractivity contribution < 1.29 is 9.21 Å². The number of carbonyl (C=O) groups is 1. The SMILES string of the molecule is O=C(N=C=S)c1coc(Br)c1. The summed E-state index contributed by atoms with van der Waals surface area (Å²) >= 11 is 7.30. The maximum Gasteiger partial charge on any atom is 0.289 e. The van der Waals surface area contributed by atoms with E-state index in [1.165, 1.54) is 12.3 Å². The highest BCUT2D eigenvalue weighted by Gasteiger charge is 2.06. The van der Waals surface area contributed by atoms with Crippen molar-refractivity contribution in [1.82, 2.24) is 0 Å². The average Bonchev–Trinajstić information content (AvgIpc) is 2.36. The van der Waals surface area contributed by atoms with Crippen molar-refractivity contribution in [2.75, 3.05) is 0 Å². The number of isothiocyanates is 1. The second kappa shape index (κ2) is 3.57. The van der Waals surface area contributed by atoms with Gasteiger partial charge < -0.3 is 4.42 Å². The lowest BCUT2D eigenvalue weighted by Crippen LogP contribution is -1.89. The van der Waals surface area contributed by atoms with Gasteiger partial charge >= 0.3 is 0 Å². The van der Waals surface area contributed by atoms with Gasteiger partial charge in [0, 0.05) is 6.07 Å². The Labute approximate surface area is 76.2 Å². The van der Waals surface area contributed by atoms with Crippen LogP contribution < -0.4 is 0 Å². The summed E-state index contributed by atoms with van der Waals surface area (Å²) in [5.41, 5.74) is 0.356. The number of carbonyl (C=O) groups excluding carboxylic acids is 1. The van der Waals surface area contributed by atoms with Crippen molar-refractivity contribution in [3.8, 4) is 0 Å². The fraction of sp³-hybridized carbons (Fsp3) is 0. The van der Waals surface area contributed by atoms with Gasteiger partial charge in [-0.2, -0.15) is 4.99 Å². The van der Waals surface area contributed by atoms with E-state index in [4.69, 9.17) is 4.42 Å². The molecule has 5 heteroatoms. The van der Waals surface area contributed by atoms with E-state index in [2.05, 4.69) is 33.1 Å². The van der Waals surface area contributed by atoms with E-state index in [0.29, 0.717) is 10.2 Å². The Morgan fingerprint density at radius 3 is 3.00 bits per heavy atom. The first-order valence-electron chi connectivity index (χ1n) is 2.60. The minimum Gasteiger partial charge on any atom is -0.457 e. The molecule has 0 aliphatic rings. The third-order valence-corrected chi connectivity index (χ3v) is 1.47. The first kappa shape index (κ1) is 8.33. The normalized spacial score (nSPS) is 8.82. The number of thiocarbonyl (C=S) groups is 1. The van der Waals surface area contributed by atoms with Gasteiger partial charge in [0.05, 0.1) is 10.7 Å². The number of aliphatic imine (C=N–C) groups is 1. The number of amides is 1. The van der Waals surface area contributed by atoms with Gasteiger partial charge in [-0.05, 0) is 28.1 Å². The van der Waals surface area contributed by atoms with Crippen molar-refractivity contribution in [2.45, 2.75) is 0 Å². The molecular formula is C6H2BrNO2S. The number of hydrogen-bond donors (Lipinski definition) is 0. The topological polar surface area (TPSA) is 42.6 Å². The van der Waals surface area contributed by atoms with Crippen molar-refractivity contribution in [3.63, 3.8) is 0 Å². The maximum absolute atomic E-state index is 10.9. The molecule has 0 aliphatic carbocycles. The predicted octanol–water partition coefficient (Wildman–Crippen LogP) is 2.29. The molecule has 1 aromatic rings. The average molecular weight is 232 g/mol. The largest absolute Gasteiger partial charge is 0.457 e. The van der Waals surface area contributed by atoms with Crippen LogP contribution in [-0.4, -0.2) is 11.1 Å². The number of halogens is 1. The molecule has 0 fully saturated rings. The quantitative estimate of drug-likeness (QED) is 0.551. The number of furan rings is 1. The number of nitrogens with zero attached hydrogens (tertiary/aromatic N) is 1. The third-order valence-electron chi connectivity index (χ3n) is 0.962. The summed E-state index contributed by atoms with van der Waals surface area (Å²) in [5.74, 6) is -0.450. The zero-order valence-electron chi connectivity index (χ0n) is 5.20. The first-order valence-corrected chi connectivity index (χ1v) is 3.80. The van der Waals surface area contributed by atoms with Gasteiger partial charge in [0.25, 0.3) is 5.91 Å². The van der Waals surface area contributed by atoms with E-state index in [0.717, 1.165) is 0 Å². The lowest BCUT2D eigenvalue weighted by molar-refractivity contribution is 0.100. The molecule has 0 saturated carbocycles. The van der Waals surface area contributed by atoms with Crippen LogP contribution in [0, 0.1) is 0 Å². The van der Waals surface area contributed by atoms with Gasteiger partial charge in [0.1, 0.15) is 6.26 Å². The third kappa shape index (κ3) is 2.08. The van der Waals surface area contributed by atoms with E-state index in [1.54, 1.807) is 0 Å². The van der Waals surface area contributed by atoms with E-state index >= 15 is 0 Å². The van der Waals surface area contributed by atoms with Crippen LogP contribution in [-0.2, 0) is 0 Å². The molecular weight excluding hydrogens is 230 g/mol. The molecule has 0 radical (unpaired) electrons. The highest BCUT2D eigenvalue weighted by molar-refractivity contribution is 9.10. The van der Waals surface area contributed by atoms with Gasteiger partial charge in [0.15, 0.2) is 4.67 Å². The fourth-order valence-electron chi connectivity index (χ4n) is 0.528. The van der Waals surface area contributed by atoms with E-state index < -0.39 is 5.91 Å². The molecule has 3 nitrogen and oxygen atoms in total. The van der Waals surface area contributed by atoms with Gasteiger partial charge in [0.2, 0.25) is 0 Å².